The van der Waals surface area contributed by atoms with E-state index in [1.54, 1.807) is 6.92 Å². The van der Waals surface area contributed by atoms with Crippen LogP contribution in [0.5, 0.6) is 0 Å². The summed E-state index contributed by atoms with van der Waals surface area (Å²) in [4.78, 5) is 19.3. The van der Waals surface area contributed by atoms with E-state index in [1.807, 2.05) is 26.0 Å². The molecule has 0 spiro atoms. The third-order valence-electron chi connectivity index (χ3n) is 3.21. The van der Waals surface area contributed by atoms with Crippen LogP contribution in [0.4, 0.5) is 0 Å². The lowest BCUT2D eigenvalue weighted by Crippen LogP contribution is -2.06. The van der Waals surface area contributed by atoms with Crippen molar-refractivity contribution in [2.75, 3.05) is 6.61 Å². The fourth-order valence-corrected chi connectivity index (χ4v) is 1.99. The number of aryl methyl sites for hydroxylation is 2. The van der Waals surface area contributed by atoms with Crippen molar-refractivity contribution >= 4 is 5.97 Å². The number of nitrogens with zero attached hydrogens (tertiary/aromatic N) is 1. The van der Waals surface area contributed by atoms with Crippen LogP contribution in [0.3, 0.4) is 0 Å². The number of carbonyl (C=O) groups is 1. The van der Waals surface area contributed by atoms with E-state index in [0.29, 0.717) is 18.1 Å². The first-order valence-corrected chi connectivity index (χ1v) is 6.35. The van der Waals surface area contributed by atoms with Crippen molar-refractivity contribution in [3.8, 4) is 11.4 Å². The number of hydrogen-bond acceptors (Lipinski definition) is 3. The van der Waals surface area contributed by atoms with Gasteiger partial charge in [0.15, 0.2) is 5.69 Å². The zero-order chi connectivity index (χ0) is 14.0. The van der Waals surface area contributed by atoms with Crippen molar-refractivity contribution in [3.05, 3.63) is 40.7 Å². The van der Waals surface area contributed by atoms with Crippen LogP contribution in [0.1, 0.15) is 34.2 Å². The van der Waals surface area contributed by atoms with Gasteiger partial charge in [-0.15, -0.1) is 0 Å². The van der Waals surface area contributed by atoms with E-state index in [4.69, 9.17) is 4.74 Å². The van der Waals surface area contributed by atoms with Crippen molar-refractivity contribution in [1.29, 1.82) is 0 Å². The van der Waals surface area contributed by atoms with E-state index in [-0.39, 0.29) is 5.97 Å². The summed E-state index contributed by atoms with van der Waals surface area (Å²) in [6, 6.07) is 6.04. The number of benzene rings is 1. The lowest BCUT2D eigenvalue weighted by molar-refractivity contribution is 0.0519. The molecule has 0 amide bonds. The molecule has 0 saturated carbocycles. The molecular weight excluding hydrogens is 240 g/mol. The van der Waals surface area contributed by atoms with Gasteiger partial charge >= 0.3 is 5.97 Å². The van der Waals surface area contributed by atoms with Crippen molar-refractivity contribution in [2.45, 2.75) is 27.7 Å². The Labute approximate surface area is 112 Å². The predicted molar refractivity (Wildman–Crippen MR) is 74.2 cm³/mol. The molecule has 0 radical (unpaired) electrons. The molecule has 0 saturated heterocycles. The second-order valence-electron chi connectivity index (χ2n) is 4.53. The van der Waals surface area contributed by atoms with Crippen LogP contribution in [0.2, 0.25) is 0 Å². The lowest BCUT2D eigenvalue weighted by atomic mass is 10.0. The van der Waals surface area contributed by atoms with Crippen LogP contribution in [0, 0.1) is 20.8 Å². The molecule has 0 aliphatic heterocycles. The van der Waals surface area contributed by atoms with Gasteiger partial charge in [0, 0.05) is 11.3 Å². The monoisotopic (exact) mass is 258 g/mol. The maximum Gasteiger partial charge on any atom is 0.358 e. The molecule has 0 bridgehead atoms. The van der Waals surface area contributed by atoms with Gasteiger partial charge in [0.05, 0.1) is 6.61 Å². The summed E-state index contributed by atoms with van der Waals surface area (Å²) in [6.07, 6.45) is 0. The summed E-state index contributed by atoms with van der Waals surface area (Å²) in [7, 11) is 0. The van der Waals surface area contributed by atoms with Gasteiger partial charge in [-0.3, -0.25) is 0 Å². The summed E-state index contributed by atoms with van der Waals surface area (Å²) in [6.45, 7) is 8.07. The Balaban J connectivity index is 2.45. The highest BCUT2D eigenvalue weighted by molar-refractivity contribution is 5.89. The normalized spacial score (nSPS) is 10.5. The summed E-state index contributed by atoms with van der Waals surface area (Å²) >= 11 is 0. The summed E-state index contributed by atoms with van der Waals surface area (Å²) in [5.41, 5.74) is 4.46. The summed E-state index contributed by atoms with van der Waals surface area (Å²) in [5.74, 6) is 0.328. The second kappa shape index (κ2) is 5.26. The maximum absolute atomic E-state index is 11.8. The number of carbonyl (C=O) groups excluding carboxylic acids is 1. The number of H-pyrrole nitrogens is 1. The SMILES string of the molecule is CCOC(=O)c1nc(-c2cccc(C)c2C)[nH]c1C. The van der Waals surface area contributed by atoms with Gasteiger partial charge in [-0.1, -0.05) is 18.2 Å². The highest BCUT2D eigenvalue weighted by Gasteiger charge is 2.17. The number of imidazole rings is 1. The molecule has 1 heterocycles. The van der Waals surface area contributed by atoms with Gasteiger partial charge < -0.3 is 9.72 Å². The molecule has 0 atom stereocenters. The van der Waals surface area contributed by atoms with E-state index < -0.39 is 0 Å². The lowest BCUT2D eigenvalue weighted by Gasteiger charge is -2.05. The summed E-state index contributed by atoms with van der Waals surface area (Å²) < 4.78 is 4.99. The minimum atomic E-state index is -0.382. The van der Waals surface area contributed by atoms with Crippen LogP contribution < -0.4 is 0 Å². The van der Waals surface area contributed by atoms with E-state index in [2.05, 4.69) is 23.0 Å². The fraction of sp³-hybridized carbons (Fsp3) is 0.333. The van der Waals surface area contributed by atoms with Crippen LogP contribution in [0.25, 0.3) is 11.4 Å². The molecule has 0 unspecified atom stereocenters. The molecule has 0 fully saturated rings. The molecule has 1 aromatic heterocycles. The van der Waals surface area contributed by atoms with E-state index in [1.165, 1.54) is 5.56 Å². The van der Waals surface area contributed by atoms with Gasteiger partial charge in [0.1, 0.15) is 5.82 Å². The second-order valence-corrected chi connectivity index (χ2v) is 4.53. The van der Waals surface area contributed by atoms with Crippen molar-refractivity contribution in [3.63, 3.8) is 0 Å². The molecule has 4 nitrogen and oxygen atoms in total. The fourth-order valence-electron chi connectivity index (χ4n) is 1.99. The Morgan fingerprint density at radius 1 is 1.32 bits per heavy atom. The summed E-state index contributed by atoms with van der Waals surface area (Å²) in [5, 5.41) is 0. The number of hydrogen-bond donors (Lipinski definition) is 1. The van der Waals surface area contributed by atoms with Crippen molar-refractivity contribution in [1.82, 2.24) is 9.97 Å². The number of aromatic amines is 1. The van der Waals surface area contributed by atoms with Gasteiger partial charge in [0.2, 0.25) is 0 Å². The minimum Gasteiger partial charge on any atom is -0.461 e. The third-order valence-corrected chi connectivity index (χ3v) is 3.21. The zero-order valence-corrected chi connectivity index (χ0v) is 11.7. The average Bonchev–Trinajstić information content (AvgIpc) is 2.75. The zero-order valence-electron chi connectivity index (χ0n) is 11.7. The number of aromatic nitrogens is 2. The Morgan fingerprint density at radius 2 is 2.05 bits per heavy atom. The number of rotatable bonds is 3. The molecule has 2 rings (SSSR count). The Hall–Kier alpha value is -2.10. The first-order valence-electron chi connectivity index (χ1n) is 6.35. The van der Waals surface area contributed by atoms with Gasteiger partial charge in [-0.05, 0) is 38.8 Å². The molecular formula is C15H18N2O2. The Morgan fingerprint density at radius 3 is 2.74 bits per heavy atom. The van der Waals surface area contributed by atoms with Crippen LogP contribution >= 0.6 is 0 Å². The smallest absolute Gasteiger partial charge is 0.358 e. The largest absolute Gasteiger partial charge is 0.461 e. The van der Waals surface area contributed by atoms with E-state index >= 15 is 0 Å². The van der Waals surface area contributed by atoms with Crippen LogP contribution in [-0.2, 0) is 4.74 Å². The first-order chi connectivity index (χ1) is 9.04. The third kappa shape index (κ3) is 2.52. The minimum absolute atomic E-state index is 0.351. The standard InChI is InChI=1S/C15H18N2O2/c1-5-19-15(18)13-11(4)16-14(17-13)12-8-6-7-9(2)10(12)3/h6-8H,5H2,1-4H3,(H,16,17). The Bertz CT molecular complexity index is 615. The van der Waals surface area contributed by atoms with E-state index in [9.17, 15) is 4.79 Å². The quantitative estimate of drug-likeness (QED) is 0.860. The molecule has 19 heavy (non-hydrogen) atoms. The maximum atomic E-state index is 11.8. The number of esters is 1. The van der Waals surface area contributed by atoms with Gasteiger partial charge in [-0.25, -0.2) is 9.78 Å². The predicted octanol–water partition coefficient (Wildman–Crippen LogP) is 3.18. The van der Waals surface area contributed by atoms with Crippen LogP contribution in [0.15, 0.2) is 18.2 Å². The molecule has 0 aliphatic rings. The number of nitrogens with one attached hydrogen (secondary N) is 1. The topological polar surface area (TPSA) is 55.0 Å². The highest BCUT2D eigenvalue weighted by Crippen LogP contribution is 2.24. The van der Waals surface area contributed by atoms with Crippen molar-refractivity contribution in [2.24, 2.45) is 0 Å². The first kappa shape index (κ1) is 13.3. The number of ether oxygens (including phenoxy) is 1. The van der Waals surface area contributed by atoms with Crippen LogP contribution in [-0.4, -0.2) is 22.5 Å². The molecule has 4 heteroatoms. The molecule has 1 N–H and O–H groups in total. The van der Waals surface area contributed by atoms with Crippen molar-refractivity contribution < 1.29 is 9.53 Å². The van der Waals surface area contributed by atoms with E-state index in [0.717, 1.165) is 16.8 Å². The van der Waals surface area contributed by atoms with Gasteiger partial charge in [0.25, 0.3) is 0 Å². The average molecular weight is 258 g/mol. The Kier molecular flexibility index (Phi) is 3.69. The highest BCUT2D eigenvalue weighted by atomic mass is 16.5. The molecule has 2 aromatic rings. The molecule has 1 aromatic carbocycles. The van der Waals surface area contributed by atoms with Gasteiger partial charge in [-0.2, -0.15) is 0 Å². The molecule has 0 aliphatic carbocycles. The molecule has 100 valence electrons.